The molecule has 0 unspecified atom stereocenters. The van der Waals surface area contributed by atoms with Crippen LogP contribution in [-0.4, -0.2) is 38.5 Å². The molecule has 0 aromatic carbocycles. The van der Waals surface area contributed by atoms with Crippen LogP contribution >= 0.6 is 0 Å². The Bertz CT molecular complexity index is 98.6. The number of esters is 1. The second kappa shape index (κ2) is 11.9. The Morgan fingerprint density at radius 3 is 2.18 bits per heavy atom. The number of carbonyl (C=O) groups excluding carboxylic acids is 1. The van der Waals surface area contributed by atoms with Gasteiger partial charge in [0.15, 0.2) is 0 Å². The summed E-state index contributed by atoms with van der Waals surface area (Å²) in [4.78, 5) is 9.84. The van der Waals surface area contributed by atoms with Gasteiger partial charge in [0.05, 0.1) is 20.3 Å². The van der Waals surface area contributed by atoms with E-state index in [1.807, 2.05) is 0 Å². The predicted molar refractivity (Wildman–Crippen MR) is 41.2 cm³/mol. The summed E-state index contributed by atoms with van der Waals surface area (Å²) in [5, 5.41) is 7.94. The van der Waals surface area contributed by atoms with Gasteiger partial charge in [0.25, 0.3) is 0 Å². The van der Waals surface area contributed by atoms with E-state index in [0.29, 0.717) is 6.61 Å². The number of carbonyl (C=O) groups is 1. The van der Waals surface area contributed by atoms with E-state index in [2.05, 4.69) is 16.1 Å². The molecule has 0 aliphatic heterocycles. The molecule has 0 atom stereocenters. The van der Waals surface area contributed by atoms with Crippen LogP contribution in [0.25, 0.3) is 0 Å². The van der Waals surface area contributed by atoms with Crippen molar-refractivity contribution in [2.24, 2.45) is 0 Å². The first kappa shape index (κ1) is 12.8. The maximum atomic E-state index is 9.84. The third kappa shape index (κ3) is 17.6. The van der Waals surface area contributed by atoms with E-state index in [4.69, 9.17) is 5.11 Å². The van der Waals surface area contributed by atoms with Crippen molar-refractivity contribution in [2.45, 2.75) is 0 Å². The van der Waals surface area contributed by atoms with E-state index in [0.717, 1.165) is 6.08 Å². The summed E-state index contributed by atoms with van der Waals surface area (Å²) in [6.45, 7) is 3.72. The minimum absolute atomic E-state index is 0.122. The van der Waals surface area contributed by atoms with Crippen LogP contribution < -0.4 is 0 Å². The molecule has 0 aliphatic rings. The third-order valence-corrected chi connectivity index (χ3v) is 0.663. The molecule has 11 heavy (non-hydrogen) atoms. The van der Waals surface area contributed by atoms with Crippen molar-refractivity contribution < 1.29 is 19.4 Å². The lowest BCUT2D eigenvalue weighted by molar-refractivity contribution is -0.134. The van der Waals surface area contributed by atoms with Gasteiger partial charge in [-0.1, -0.05) is 6.58 Å². The molecule has 0 aliphatic carbocycles. The van der Waals surface area contributed by atoms with Crippen LogP contribution in [0.5, 0.6) is 0 Å². The van der Waals surface area contributed by atoms with E-state index >= 15 is 0 Å². The standard InChI is InChI=1S/C4H6O2.C3H8O2/c1-3-4(5)6-2;1-5-3-2-4/h3H,1H2,2H3;4H,2-3H2,1H3. The number of methoxy groups -OCH3 is 2. The molecule has 4 nitrogen and oxygen atoms in total. The maximum absolute atomic E-state index is 9.84. The molecule has 0 heterocycles. The largest absolute Gasteiger partial charge is 0.466 e. The van der Waals surface area contributed by atoms with Gasteiger partial charge >= 0.3 is 5.97 Å². The Hall–Kier alpha value is -0.870. The summed E-state index contributed by atoms with van der Waals surface area (Å²) in [5.41, 5.74) is 0. The lowest BCUT2D eigenvalue weighted by atomic mass is 10.7. The molecule has 0 aromatic heterocycles. The highest BCUT2D eigenvalue weighted by Gasteiger charge is 1.81. The number of aliphatic hydroxyl groups excluding tert-OH is 1. The van der Waals surface area contributed by atoms with Gasteiger partial charge in [0.2, 0.25) is 0 Å². The molecule has 0 aromatic rings. The lowest BCUT2D eigenvalue weighted by Crippen LogP contribution is -1.91. The molecule has 0 fully saturated rings. The van der Waals surface area contributed by atoms with Crippen molar-refractivity contribution >= 4 is 5.97 Å². The first-order chi connectivity index (χ1) is 5.22. The first-order valence-electron chi connectivity index (χ1n) is 3.03. The molecule has 0 saturated carbocycles. The smallest absolute Gasteiger partial charge is 0.329 e. The molecular formula is C7H14O4. The summed E-state index contributed by atoms with van der Waals surface area (Å²) in [7, 11) is 2.86. The summed E-state index contributed by atoms with van der Waals surface area (Å²) >= 11 is 0. The van der Waals surface area contributed by atoms with Crippen LogP contribution in [0.1, 0.15) is 0 Å². The fraction of sp³-hybridized carbons (Fsp3) is 0.571. The monoisotopic (exact) mass is 162 g/mol. The number of hydrogen-bond acceptors (Lipinski definition) is 4. The molecule has 0 spiro atoms. The Labute approximate surface area is 66.4 Å². The highest BCUT2D eigenvalue weighted by atomic mass is 16.5. The van der Waals surface area contributed by atoms with Gasteiger partial charge in [-0.15, -0.1) is 0 Å². The van der Waals surface area contributed by atoms with Crippen molar-refractivity contribution in [3.63, 3.8) is 0 Å². The van der Waals surface area contributed by atoms with Crippen LogP contribution in [0.2, 0.25) is 0 Å². The van der Waals surface area contributed by atoms with E-state index in [-0.39, 0.29) is 6.61 Å². The predicted octanol–water partition coefficient (Wildman–Crippen LogP) is -0.0295. The maximum Gasteiger partial charge on any atom is 0.329 e. The number of rotatable bonds is 3. The van der Waals surface area contributed by atoms with Crippen LogP contribution in [0, 0.1) is 0 Å². The van der Waals surface area contributed by atoms with Gasteiger partial charge in [-0.05, 0) is 0 Å². The van der Waals surface area contributed by atoms with Gasteiger partial charge in [-0.2, -0.15) is 0 Å². The molecule has 0 rings (SSSR count). The second-order valence-corrected chi connectivity index (χ2v) is 1.44. The van der Waals surface area contributed by atoms with Gasteiger partial charge in [0.1, 0.15) is 0 Å². The van der Waals surface area contributed by atoms with Crippen molar-refractivity contribution in [3.05, 3.63) is 12.7 Å². The lowest BCUT2D eigenvalue weighted by Gasteiger charge is -1.84. The zero-order chi connectivity index (χ0) is 9.11. The molecule has 0 radical (unpaired) electrons. The fourth-order valence-electron chi connectivity index (χ4n) is 0.175. The second-order valence-electron chi connectivity index (χ2n) is 1.44. The minimum atomic E-state index is -0.394. The quantitative estimate of drug-likeness (QED) is 0.467. The van der Waals surface area contributed by atoms with E-state index in [9.17, 15) is 4.79 Å². The van der Waals surface area contributed by atoms with Crippen molar-refractivity contribution in [1.82, 2.24) is 0 Å². The minimum Gasteiger partial charge on any atom is -0.466 e. The summed E-state index contributed by atoms with van der Waals surface area (Å²) in [5.74, 6) is -0.394. The van der Waals surface area contributed by atoms with E-state index in [1.54, 1.807) is 7.11 Å². The van der Waals surface area contributed by atoms with Gasteiger partial charge in [-0.3, -0.25) is 0 Å². The first-order valence-corrected chi connectivity index (χ1v) is 3.03. The van der Waals surface area contributed by atoms with Crippen molar-refractivity contribution in [1.29, 1.82) is 0 Å². The Balaban J connectivity index is 0. The molecule has 1 N–H and O–H groups in total. The number of hydrogen-bond donors (Lipinski definition) is 1. The number of ether oxygens (including phenoxy) is 2. The summed E-state index contributed by atoms with van der Waals surface area (Å²) < 4.78 is 8.58. The van der Waals surface area contributed by atoms with Gasteiger partial charge in [-0.25, -0.2) is 4.79 Å². The zero-order valence-corrected chi connectivity index (χ0v) is 6.87. The molecular weight excluding hydrogens is 148 g/mol. The molecule has 0 bridgehead atoms. The highest BCUT2D eigenvalue weighted by molar-refractivity contribution is 5.80. The highest BCUT2D eigenvalue weighted by Crippen LogP contribution is 1.67. The Morgan fingerprint density at radius 1 is 1.64 bits per heavy atom. The van der Waals surface area contributed by atoms with Crippen molar-refractivity contribution in [3.8, 4) is 0 Å². The van der Waals surface area contributed by atoms with Crippen LogP contribution in [0.4, 0.5) is 0 Å². The molecule has 0 saturated heterocycles. The summed E-state index contributed by atoms with van der Waals surface area (Å²) in [6.07, 6.45) is 1.11. The normalized spacial score (nSPS) is 7.55. The molecule has 0 amide bonds. The zero-order valence-electron chi connectivity index (χ0n) is 6.87. The average Bonchev–Trinajstić information content (AvgIpc) is 2.06. The van der Waals surface area contributed by atoms with Crippen LogP contribution in [-0.2, 0) is 14.3 Å². The van der Waals surface area contributed by atoms with Gasteiger partial charge < -0.3 is 14.6 Å². The van der Waals surface area contributed by atoms with E-state index in [1.165, 1.54) is 7.11 Å². The third-order valence-electron chi connectivity index (χ3n) is 0.663. The Morgan fingerprint density at radius 2 is 2.18 bits per heavy atom. The topological polar surface area (TPSA) is 55.8 Å². The summed E-state index contributed by atoms with van der Waals surface area (Å²) in [6, 6.07) is 0. The van der Waals surface area contributed by atoms with Crippen LogP contribution in [0.15, 0.2) is 12.7 Å². The van der Waals surface area contributed by atoms with Gasteiger partial charge in [0, 0.05) is 13.2 Å². The van der Waals surface area contributed by atoms with E-state index < -0.39 is 5.97 Å². The molecule has 4 heteroatoms. The molecule has 66 valence electrons. The number of aliphatic hydroxyl groups is 1. The van der Waals surface area contributed by atoms with Crippen LogP contribution in [0.3, 0.4) is 0 Å². The average molecular weight is 162 g/mol. The van der Waals surface area contributed by atoms with Crippen molar-refractivity contribution in [2.75, 3.05) is 27.4 Å². The Kier molecular flexibility index (Phi) is 13.8. The fourth-order valence-corrected chi connectivity index (χ4v) is 0.175. The SMILES string of the molecule is C=CC(=O)OC.COCCO.